The van der Waals surface area contributed by atoms with Gasteiger partial charge in [0, 0.05) is 11.4 Å². The van der Waals surface area contributed by atoms with Gasteiger partial charge in [-0.25, -0.2) is 0 Å². The predicted molar refractivity (Wildman–Crippen MR) is 52.6 cm³/mol. The highest BCUT2D eigenvalue weighted by Gasteiger charge is 2.06. The summed E-state index contributed by atoms with van der Waals surface area (Å²) in [4.78, 5) is 4.48. The van der Waals surface area contributed by atoms with Gasteiger partial charge in [-0.2, -0.15) is 0 Å². The predicted octanol–water partition coefficient (Wildman–Crippen LogP) is 2.88. The highest BCUT2D eigenvalue weighted by molar-refractivity contribution is 5.38. The van der Waals surface area contributed by atoms with Crippen molar-refractivity contribution in [2.75, 3.05) is 0 Å². The molecule has 0 saturated heterocycles. The fraction of sp³-hybridized carbons (Fsp3) is 0.545. The summed E-state index contributed by atoms with van der Waals surface area (Å²) in [6.45, 7) is 10.7. The van der Waals surface area contributed by atoms with Gasteiger partial charge in [-0.1, -0.05) is 6.92 Å². The van der Waals surface area contributed by atoms with Gasteiger partial charge in [0.1, 0.15) is 0 Å². The van der Waals surface area contributed by atoms with E-state index in [1.807, 2.05) is 0 Å². The Hall–Kier alpha value is -0.850. The van der Waals surface area contributed by atoms with Gasteiger partial charge in [-0.05, 0) is 50.8 Å². The van der Waals surface area contributed by atoms with E-state index in [4.69, 9.17) is 0 Å². The standard InChI is InChI=1S/C11H17N/c1-6-11-7(2)9(4)12-10(5)8(11)3/h6H2,1-5H3. The van der Waals surface area contributed by atoms with Crippen LogP contribution in [0.5, 0.6) is 0 Å². The molecule has 0 aliphatic rings. The van der Waals surface area contributed by atoms with Crippen LogP contribution < -0.4 is 0 Å². The van der Waals surface area contributed by atoms with Gasteiger partial charge in [0.15, 0.2) is 0 Å². The zero-order valence-corrected chi connectivity index (χ0v) is 8.65. The Morgan fingerprint density at radius 3 is 1.67 bits per heavy atom. The smallest absolute Gasteiger partial charge is 0.0407 e. The van der Waals surface area contributed by atoms with Crippen LogP contribution in [0.4, 0.5) is 0 Å². The first-order chi connectivity index (χ1) is 5.57. The summed E-state index contributed by atoms with van der Waals surface area (Å²) in [5.74, 6) is 0. The Morgan fingerprint density at radius 1 is 0.917 bits per heavy atom. The molecule has 0 bridgehead atoms. The van der Waals surface area contributed by atoms with Crippen molar-refractivity contribution in [3.63, 3.8) is 0 Å². The average molecular weight is 163 g/mol. The van der Waals surface area contributed by atoms with Crippen LogP contribution in [0.25, 0.3) is 0 Å². The van der Waals surface area contributed by atoms with E-state index in [0.29, 0.717) is 0 Å². The van der Waals surface area contributed by atoms with Crippen LogP contribution in [0.1, 0.15) is 35.0 Å². The lowest BCUT2D eigenvalue weighted by Crippen LogP contribution is -2.01. The Morgan fingerprint density at radius 2 is 1.33 bits per heavy atom. The summed E-state index contributed by atoms with van der Waals surface area (Å²) < 4.78 is 0. The normalized spacial score (nSPS) is 10.4. The summed E-state index contributed by atoms with van der Waals surface area (Å²) in [5.41, 5.74) is 6.55. The highest BCUT2D eigenvalue weighted by Crippen LogP contribution is 2.18. The minimum atomic E-state index is 1.11. The molecule has 0 fully saturated rings. The van der Waals surface area contributed by atoms with Crippen LogP contribution in [-0.4, -0.2) is 4.98 Å². The molecule has 1 aromatic heterocycles. The maximum atomic E-state index is 4.48. The van der Waals surface area contributed by atoms with E-state index in [1.54, 1.807) is 0 Å². The van der Waals surface area contributed by atoms with E-state index in [0.717, 1.165) is 6.42 Å². The van der Waals surface area contributed by atoms with Crippen LogP contribution in [0, 0.1) is 27.7 Å². The summed E-state index contributed by atoms with van der Waals surface area (Å²) >= 11 is 0. The number of pyridine rings is 1. The van der Waals surface area contributed by atoms with Gasteiger partial charge in [-0.3, -0.25) is 4.98 Å². The van der Waals surface area contributed by atoms with Crippen LogP contribution in [0.3, 0.4) is 0 Å². The molecular weight excluding hydrogens is 146 g/mol. The number of aryl methyl sites for hydroxylation is 2. The molecule has 1 heteroatoms. The quantitative estimate of drug-likeness (QED) is 0.620. The third-order valence-electron chi connectivity index (χ3n) is 2.68. The summed E-state index contributed by atoms with van der Waals surface area (Å²) in [7, 11) is 0. The van der Waals surface area contributed by atoms with Crippen molar-refractivity contribution < 1.29 is 0 Å². The van der Waals surface area contributed by atoms with Crippen LogP contribution in [0.15, 0.2) is 0 Å². The van der Waals surface area contributed by atoms with Crippen molar-refractivity contribution >= 4 is 0 Å². The Bertz CT molecular complexity index is 274. The highest BCUT2D eigenvalue weighted by atomic mass is 14.7. The van der Waals surface area contributed by atoms with Crippen LogP contribution >= 0.6 is 0 Å². The first-order valence-corrected chi connectivity index (χ1v) is 4.51. The molecule has 1 rings (SSSR count). The van der Waals surface area contributed by atoms with E-state index in [9.17, 15) is 0 Å². The molecule has 1 nitrogen and oxygen atoms in total. The lowest BCUT2D eigenvalue weighted by molar-refractivity contribution is 0.981. The Kier molecular flexibility index (Phi) is 2.51. The minimum Gasteiger partial charge on any atom is -0.258 e. The molecule has 0 radical (unpaired) electrons. The molecule has 0 aromatic carbocycles. The van der Waals surface area contributed by atoms with Gasteiger partial charge in [-0.15, -0.1) is 0 Å². The van der Waals surface area contributed by atoms with E-state index in [-0.39, 0.29) is 0 Å². The first kappa shape index (κ1) is 9.24. The fourth-order valence-corrected chi connectivity index (χ4v) is 1.67. The molecule has 0 spiro atoms. The largest absolute Gasteiger partial charge is 0.258 e. The molecular formula is C11H17N. The van der Waals surface area contributed by atoms with Gasteiger partial charge in [0.2, 0.25) is 0 Å². The molecule has 0 aliphatic carbocycles. The third kappa shape index (κ3) is 1.36. The molecule has 0 amide bonds. The van der Waals surface area contributed by atoms with Crippen molar-refractivity contribution in [1.82, 2.24) is 4.98 Å². The number of nitrogens with zero attached hydrogens (tertiary/aromatic N) is 1. The van der Waals surface area contributed by atoms with Gasteiger partial charge in [0.25, 0.3) is 0 Å². The number of aromatic nitrogens is 1. The summed E-state index contributed by atoms with van der Waals surface area (Å²) in [6, 6.07) is 0. The topological polar surface area (TPSA) is 12.9 Å². The van der Waals surface area contributed by atoms with Gasteiger partial charge in [0.05, 0.1) is 0 Å². The minimum absolute atomic E-state index is 1.11. The van der Waals surface area contributed by atoms with E-state index < -0.39 is 0 Å². The summed E-state index contributed by atoms with van der Waals surface area (Å²) in [6.07, 6.45) is 1.11. The monoisotopic (exact) mass is 163 g/mol. The molecule has 1 aromatic rings. The fourth-order valence-electron chi connectivity index (χ4n) is 1.67. The molecule has 0 unspecified atom stereocenters. The van der Waals surface area contributed by atoms with Crippen LogP contribution in [-0.2, 0) is 6.42 Å². The number of hydrogen-bond donors (Lipinski definition) is 0. The molecule has 0 aliphatic heterocycles. The molecule has 66 valence electrons. The second-order valence-corrected chi connectivity index (χ2v) is 3.36. The molecule has 0 N–H and O–H groups in total. The van der Waals surface area contributed by atoms with Crippen molar-refractivity contribution in [2.24, 2.45) is 0 Å². The van der Waals surface area contributed by atoms with Crippen molar-refractivity contribution in [3.8, 4) is 0 Å². The first-order valence-electron chi connectivity index (χ1n) is 4.51. The summed E-state index contributed by atoms with van der Waals surface area (Å²) in [5, 5.41) is 0. The van der Waals surface area contributed by atoms with Gasteiger partial charge < -0.3 is 0 Å². The maximum Gasteiger partial charge on any atom is 0.0407 e. The second kappa shape index (κ2) is 3.26. The lowest BCUT2D eigenvalue weighted by Gasteiger charge is -2.12. The van der Waals surface area contributed by atoms with E-state index in [2.05, 4.69) is 39.6 Å². The van der Waals surface area contributed by atoms with E-state index in [1.165, 1.54) is 28.1 Å². The van der Waals surface area contributed by atoms with Crippen molar-refractivity contribution in [3.05, 3.63) is 28.1 Å². The number of hydrogen-bond acceptors (Lipinski definition) is 1. The number of rotatable bonds is 1. The second-order valence-electron chi connectivity index (χ2n) is 3.36. The maximum absolute atomic E-state index is 4.48. The lowest BCUT2D eigenvalue weighted by atomic mass is 9.99. The SMILES string of the molecule is CCc1c(C)c(C)nc(C)c1C. The average Bonchev–Trinajstić information content (AvgIpc) is 2.02. The molecule has 1 heterocycles. The van der Waals surface area contributed by atoms with Crippen molar-refractivity contribution in [1.29, 1.82) is 0 Å². The van der Waals surface area contributed by atoms with E-state index >= 15 is 0 Å². The van der Waals surface area contributed by atoms with Crippen molar-refractivity contribution in [2.45, 2.75) is 41.0 Å². The Labute approximate surface area is 74.8 Å². The van der Waals surface area contributed by atoms with Crippen LogP contribution in [0.2, 0.25) is 0 Å². The third-order valence-corrected chi connectivity index (χ3v) is 2.68. The molecule has 0 atom stereocenters. The molecule has 0 saturated carbocycles. The zero-order chi connectivity index (χ0) is 9.30. The Balaban J connectivity index is 3.42. The molecule has 12 heavy (non-hydrogen) atoms. The van der Waals surface area contributed by atoms with Gasteiger partial charge >= 0.3 is 0 Å². The zero-order valence-electron chi connectivity index (χ0n) is 8.65.